The van der Waals surface area contributed by atoms with E-state index in [1.165, 1.54) is 5.56 Å². The Labute approximate surface area is 786 Å². The molecule has 3 aromatic carbocycles. The van der Waals surface area contributed by atoms with E-state index in [1.807, 2.05) is 58.3 Å². The smallest absolute Gasteiger partial charge is 0.329 e. The number of amides is 5. The number of carboxylic acid groups (broad SMARTS) is 2. The number of ether oxygens (including phenoxy) is 10. The van der Waals surface area contributed by atoms with E-state index in [4.69, 9.17) is 52.5 Å². The topological polar surface area (TPSA) is 456 Å². The molecule has 6 bridgehead atoms. The second-order valence-corrected chi connectivity index (χ2v) is 38.6. The van der Waals surface area contributed by atoms with Gasteiger partial charge in [-0.1, -0.05) is 67.2 Å². The third-order valence-corrected chi connectivity index (χ3v) is 27.4. The van der Waals surface area contributed by atoms with Gasteiger partial charge in [-0.25, -0.2) is 14.4 Å². The van der Waals surface area contributed by atoms with Crippen molar-refractivity contribution in [3.63, 3.8) is 0 Å². The Kier molecular flexibility index (Phi) is 33.8. The van der Waals surface area contributed by atoms with Crippen molar-refractivity contribution in [3.8, 4) is 34.5 Å². The Hall–Kier alpha value is -9.21. The monoisotopic (exact) mass is 1890 g/mol. The summed E-state index contributed by atoms with van der Waals surface area (Å²) in [5, 5.41) is 63.8. The third-order valence-electron chi connectivity index (χ3n) is 27.4. The molecule has 7 heterocycles. The Morgan fingerprint density at radius 1 is 0.466 bits per heavy atom. The molecule has 16 rings (SSSR count). The number of hydrogen-bond acceptors (Lipinski definition) is 28. The minimum Gasteiger partial charge on any atom is -0.493 e. The van der Waals surface area contributed by atoms with Crippen molar-refractivity contribution in [1.29, 1.82) is 0 Å². The molecule has 9 N–H and O–H groups in total. The summed E-state index contributed by atoms with van der Waals surface area (Å²) in [6.45, 7) is 23.5. The number of Topliss-reactive ketones (excluding diaryl/α,β-unsaturated/α-hetero) is 1. The highest BCUT2D eigenvalue weighted by Gasteiger charge is 2.76. The molecule has 0 aromatic heterocycles. The lowest BCUT2D eigenvalue weighted by molar-refractivity contribution is -0.185. The summed E-state index contributed by atoms with van der Waals surface area (Å²) in [5.74, 6) is -2.27. The maximum absolute atomic E-state index is 13.0. The minimum atomic E-state index is -1.12. The molecule has 0 unspecified atom stereocenters. The van der Waals surface area contributed by atoms with Gasteiger partial charge < -0.3 is 104 Å². The number of nitrogens with one attached hydrogen (secondary N) is 4. The molecule has 0 radical (unpaired) electrons. The van der Waals surface area contributed by atoms with Gasteiger partial charge in [0.15, 0.2) is 58.6 Å². The number of aliphatic carboxylic acids is 2. The molecule has 7 aliphatic heterocycles. The third kappa shape index (κ3) is 20.2. The first-order valence-electron chi connectivity index (χ1n) is 43.9. The molecule has 5 amide bonds. The highest BCUT2D eigenvalue weighted by molar-refractivity contribution is 7.59. The van der Waals surface area contributed by atoms with E-state index in [1.54, 1.807) is 103 Å². The molecule has 726 valence electrons. The zero-order valence-electron chi connectivity index (χ0n) is 77.5. The van der Waals surface area contributed by atoms with E-state index < -0.39 is 134 Å². The largest absolute Gasteiger partial charge is 0.493 e. The van der Waals surface area contributed by atoms with E-state index in [-0.39, 0.29) is 140 Å². The number of likely N-dealkylation sites (tertiary alicyclic amines) is 3. The fraction of sp³-hybridized carbons (Fsp3) is 0.638. The molecule has 15 atom stereocenters. The van der Waals surface area contributed by atoms with E-state index in [9.17, 15) is 78.0 Å². The number of nitrogens with zero attached hydrogens (tertiary/aromatic N) is 3. The van der Waals surface area contributed by atoms with Crippen LogP contribution in [0.4, 0.5) is 0 Å². The lowest BCUT2D eigenvalue weighted by atomic mass is 9.49. The number of hydrogen-bond donors (Lipinski definition) is 9. The van der Waals surface area contributed by atoms with Crippen molar-refractivity contribution < 1.29 is 130 Å². The van der Waals surface area contributed by atoms with Gasteiger partial charge in [-0.15, -0.1) is 0 Å². The van der Waals surface area contributed by atoms with Crippen LogP contribution in [0.5, 0.6) is 34.5 Å². The highest BCUT2D eigenvalue weighted by Crippen LogP contribution is 2.69. The van der Waals surface area contributed by atoms with Gasteiger partial charge in [0.1, 0.15) is 40.8 Å². The zero-order valence-corrected chi connectivity index (χ0v) is 80.5. The van der Waals surface area contributed by atoms with Gasteiger partial charge in [-0.05, 0) is 192 Å². The predicted molar refractivity (Wildman–Crippen MR) is 493 cm³/mol. The van der Waals surface area contributed by atoms with Crippen LogP contribution in [-0.4, -0.2) is 256 Å². The lowest BCUT2D eigenvalue weighted by Crippen LogP contribution is -2.76. The molecule has 131 heavy (non-hydrogen) atoms. The first kappa shape index (κ1) is 107. The standard InChI is InChI=1S/C31H42N2O8.C27H34N2O8.C18H21NO4.C13H23NO5.C4H5NO2.CH4.3H2S/c1-17(2)25(28(36)41-29(3,4)5)32-22(34)10-11-23(35)39-20-12-13-31(37)21-16-18-8-9-19(38-7)26-24(18)30(31,27(20)40-26)14-15-33(21)6;1-14(2)22(25(32)33)28-19(30)7-8-20(31)36-17-9-10-27(34)18-13-15-5-6-16(35-4)23-21(15)26(27,24(17)37-23)11-12-29(18)3;1-19-8-7-17-14-10-3-4-12(22-2)15(14)23-16(17)11(20)5-6-18(17,21)13(19)9-10;1-8(2)11(12(18)19-13(3,4)5)14-9(15)6-7-10(16)17;6-3-1-2-4(7)5-3;;;;/h8-9,12,17,21,25,27,37H,10-11,13-16H2,1-7H3,(H,32,34);5-6,9,14,18,22,24,34H,7-8,10-13H2,1-4H3,(H,28,30)(H,32,33);3-4,13,16,21H,5-9H2,1-2H3;8,11H,6-7H2,1-5H3,(H,14,15)(H,16,17);1-2H2,(H,5,6,7);1H4;3*1H2/t21-,25+,27+,30+,31-;18-,22+,24+,26+,27-;13-,16+,17+,18-;11-;;;;;/m1110...../s1. The molecule has 13 aliphatic rings. The maximum Gasteiger partial charge on any atom is 0.329 e. The van der Waals surface area contributed by atoms with Crippen LogP contribution < -0.4 is 49.7 Å². The van der Waals surface area contributed by atoms with Gasteiger partial charge in [0.05, 0.1) is 73.6 Å². The van der Waals surface area contributed by atoms with Gasteiger partial charge in [0.25, 0.3) is 0 Å². The summed E-state index contributed by atoms with van der Waals surface area (Å²) in [5.41, 5.74) is -0.230. The first-order chi connectivity index (χ1) is 59.6. The highest BCUT2D eigenvalue weighted by atomic mass is 32.1. The molecule has 34 nitrogen and oxygen atoms in total. The Morgan fingerprint density at radius 3 is 1.09 bits per heavy atom. The van der Waals surface area contributed by atoms with Crippen LogP contribution in [0.1, 0.15) is 220 Å². The molecule has 3 aromatic rings. The van der Waals surface area contributed by atoms with Gasteiger partial charge in [0.2, 0.25) is 29.5 Å². The average Bonchev–Trinajstić information content (AvgIpc) is 1.54. The van der Waals surface area contributed by atoms with Crippen LogP contribution in [-0.2, 0) is 112 Å². The summed E-state index contributed by atoms with van der Waals surface area (Å²) in [6.07, 6.45) is 6.81. The summed E-state index contributed by atoms with van der Waals surface area (Å²) >= 11 is 0. The number of methoxy groups -OCH3 is 3. The fourth-order valence-corrected chi connectivity index (χ4v) is 21.4. The molecular formula is C94H135N7O27S3. The van der Waals surface area contributed by atoms with Crippen LogP contribution in [0.2, 0.25) is 0 Å². The number of likely N-dealkylation sites (N-methyl/N-ethyl adjacent to an activating group) is 3. The van der Waals surface area contributed by atoms with E-state index >= 15 is 0 Å². The summed E-state index contributed by atoms with van der Waals surface area (Å²) in [7, 11) is 10.9. The van der Waals surface area contributed by atoms with Gasteiger partial charge >= 0.3 is 35.8 Å². The number of carboxylic acids is 2. The number of imide groups is 1. The van der Waals surface area contributed by atoms with Crippen molar-refractivity contribution in [2.45, 2.75) is 305 Å². The van der Waals surface area contributed by atoms with E-state index in [2.05, 4.69) is 49.1 Å². The van der Waals surface area contributed by atoms with Crippen molar-refractivity contribution >= 4 is 112 Å². The lowest BCUT2D eigenvalue weighted by Gasteiger charge is -2.62. The zero-order chi connectivity index (χ0) is 93.1. The van der Waals surface area contributed by atoms with Crippen molar-refractivity contribution in [2.24, 2.45) is 17.8 Å². The minimum absolute atomic E-state index is 0. The Morgan fingerprint density at radius 2 is 0.786 bits per heavy atom. The number of ketones is 1. The van der Waals surface area contributed by atoms with Crippen LogP contribution in [0.15, 0.2) is 60.1 Å². The van der Waals surface area contributed by atoms with Gasteiger partial charge in [-0.3, -0.25) is 48.5 Å². The predicted octanol–water partition coefficient (Wildman–Crippen LogP) is 7.08. The van der Waals surface area contributed by atoms with Gasteiger partial charge in [0, 0.05) is 86.2 Å². The quantitative estimate of drug-likeness (QED) is 0.0260. The second-order valence-electron chi connectivity index (χ2n) is 38.6. The van der Waals surface area contributed by atoms with Crippen molar-refractivity contribution in [3.05, 3.63) is 93.4 Å². The molecule has 5 fully saturated rings. The van der Waals surface area contributed by atoms with Crippen LogP contribution in [0.25, 0.3) is 0 Å². The number of piperidine rings is 3. The summed E-state index contributed by atoms with van der Waals surface area (Å²) in [4.78, 5) is 148. The van der Waals surface area contributed by atoms with Crippen LogP contribution >= 0.6 is 40.5 Å². The van der Waals surface area contributed by atoms with E-state index in [0.29, 0.717) is 110 Å². The van der Waals surface area contributed by atoms with Crippen molar-refractivity contribution in [1.82, 2.24) is 36.0 Å². The molecule has 4 saturated heterocycles. The number of rotatable bonds is 23. The molecule has 3 spiro atoms. The summed E-state index contributed by atoms with van der Waals surface area (Å²) < 4.78 is 58.1. The molecule has 6 aliphatic carbocycles. The Balaban J connectivity index is 0.000000215. The number of esters is 4. The normalized spacial score (nSPS) is 27.5. The fourth-order valence-electron chi connectivity index (χ4n) is 21.4. The number of carbonyl (C=O) groups is 12. The summed E-state index contributed by atoms with van der Waals surface area (Å²) in [6, 6.07) is 9.04. The van der Waals surface area contributed by atoms with Crippen LogP contribution in [0, 0.1) is 17.8 Å². The number of benzene rings is 3. The maximum atomic E-state index is 13.0. The second kappa shape index (κ2) is 41.3. The van der Waals surface area contributed by atoms with Crippen LogP contribution in [0.3, 0.4) is 0 Å². The average molecular weight is 1890 g/mol. The van der Waals surface area contributed by atoms with Crippen molar-refractivity contribution in [2.75, 3.05) is 62.1 Å². The van der Waals surface area contributed by atoms with E-state index in [0.717, 1.165) is 60.3 Å². The molecule has 37 heteroatoms. The molecule has 1 saturated carbocycles. The number of aliphatic hydroxyl groups is 3. The Bertz CT molecular complexity index is 4920. The first-order valence-corrected chi connectivity index (χ1v) is 43.9. The van der Waals surface area contributed by atoms with Gasteiger partial charge in [-0.2, -0.15) is 40.5 Å². The number of carbonyl (C=O) groups excluding carboxylic acids is 10. The SMILES string of the molecule is C.CC(C)[C@H](NC(=O)CCC(=O)O)C(=O)OC(C)(C)C.COc1ccc2c3c1O[C@H]1C(=O)CC[C@@]4(O)[C@@H](C2)N(C)CC[C@]314.COc1ccc2c3c1O[C@H]1C(OC(=O)CCC(=O)N[C@H](C(=O)O)C(C)C)=CC[C@@]4(O)[C@@H](C2)N(C)CC[C@]314.COc1ccc2c3c1O[C@H]1C(OC(=O)CCC(=O)N[C@H](C(=O)OC(C)(C)C)C(C)C)=CC[C@@]4(O)[C@@H](C2)N(C)CC[C@]314.O=C1CCC(=O)N1.S.S.S. The molecular weight excluding hydrogens is 1760 g/mol.